The van der Waals surface area contributed by atoms with Gasteiger partial charge in [0, 0.05) is 24.2 Å². The van der Waals surface area contributed by atoms with E-state index in [4.69, 9.17) is 9.47 Å². The molecule has 1 aliphatic heterocycles. The van der Waals surface area contributed by atoms with Gasteiger partial charge in [-0.15, -0.1) is 0 Å². The van der Waals surface area contributed by atoms with Gasteiger partial charge in [-0.25, -0.2) is 0 Å². The SMILES string of the molecule is O=C(NCC1COC(CNC(=O)c2ccccc2)CO1)c1ccccc1. The van der Waals surface area contributed by atoms with E-state index in [-0.39, 0.29) is 24.0 Å². The van der Waals surface area contributed by atoms with Crippen molar-refractivity contribution in [3.63, 3.8) is 0 Å². The van der Waals surface area contributed by atoms with Crippen molar-refractivity contribution in [2.45, 2.75) is 12.2 Å². The number of benzene rings is 2. The van der Waals surface area contributed by atoms with Gasteiger partial charge in [0.2, 0.25) is 0 Å². The van der Waals surface area contributed by atoms with Crippen LogP contribution in [0.25, 0.3) is 0 Å². The topological polar surface area (TPSA) is 76.7 Å². The fraction of sp³-hybridized carbons (Fsp3) is 0.300. The molecule has 1 fully saturated rings. The molecule has 2 aromatic rings. The maximum atomic E-state index is 12.0. The number of carbonyl (C=O) groups excluding carboxylic acids is 2. The monoisotopic (exact) mass is 354 g/mol. The van der Waals surface area contributed by atoms with Crippen LogP contribution in [0.1, 0.15) is 20.7 Å². The van der Waals surface area contributed by atoms with E-state index >= 15 is 0 Å². The third kappa shape index (κ3) is 5.15. The molecule has 0 bridgehead atoms. The molecule has 2 amide bonds. The first-order valence-electron chi connectivity index (χ1n) is 8.62. The Morgan fingerprint density at radius 1 is 0.731 bits per heavy atom. The number of nitrogens with one attached hydrogen (secondary N) is 2. The molecule has 6 nitrogen and oxygen atoms in total. The average Bonchev–Trinajstić information content (AvgIpc) is 2.72. The molecule has 0 aromatic heterocycles. The predicted molar refractivity (Wildman–Crippen MR) is 97.0 cm³/mol. The fourth-order valence-corrected chi connectivity index (χ4v) is 2.61. The summed E-state index contributed by atoms with van der Waals surface area (Å²) in [6, 6.07) is 18.1. The highest BCUT2D eigenvalue weighted by Gasteiger charge is 2.23. The van der Waals surface area contributed by atoms with E-state index < -0.39 is 0 Å². The molecule has 1 heterocycles. The third-order valence-corrected chi connectivity index (χ3v) is 4.09. The Balaban J connectivity index is 1.35. The molecule has 1 aliphatic rings. The molecule has 1 saturated heterocycles. The number of amides is 2. The van der Waals surface area contributed by atoms with Gasteiger partial charge in [0.25, 0.3) is 11.8 Å². The molecule has 0 aliphatic carbocycles. The molecular weight excluding hydrogens is 332 g/mol. The van der Waals surface area contributed by atoms with Crippen LogP contribution in [-0.2, 0) is 9.47 Å². The summed E-state index contributed by atoms with van der Waals surface area (Å²) in [4.78, 5) is 24.0. The highest BCUT2D eigenvalue weighted by Crippen LogP contribution is 2.07. The van der Waals surface area contributed by atoms with Crippen LogP contribution >= 0.6 is 0 Å². The number of ether oxygens (including phenoxy) is 2. The van der Waals surface area contributed by atoms with Gasteiger partial charge in [-0.1, -0.05) is 36.4 Å². The van der Waals surface area contributed by atoms with Gasteiger partial charge in [0.15, 0.2) is 0 Å². The minimum Gasteiger partial charge on any atom is -0.371 e. The van der Waals surface area contributed by atoms with Crippen LogP contribution in [-0.4, -0.2) is 50.3 Å². The van der Waals surface area contributed by atoms with Crippen LogP contribution in [0.3, 0.4) is 0 Å². The predicted octanol–water partition coefficient (Wildman–Crippen LogP) is 1.63. The van der Waals surface area contributed by atoms with Crippen LogP contribution < -0.4 is 10.6 Å². The van der Waals surface area contributed by atoms with Crippen molar-refractivity contribution in [2.75, 3.05) is 26.3 Å². The minimum atomic E-state index is -0.191. The van der Waals surface area contributed by atoms with Crippen molar-refractivity contribution in [1.82, 2.24) is 10.6 Å². The quantitative estimate of drug-likeness (QED) is 0.827. The van der Waals surface area contributed by atoms with Crippen molar-refractivity contribution in [1.29, 1.82) is 0 Å². The lowest BCUT2D eigenvalue weighted by Crippen LogP contribution is -2.46. The Hall–Kier alpha value is -2.70. The van der Waals surface area contributed by atoms with E-state index in [9.17, 15) is 9.59 Å². The summed E-state index contributed by atoms with van der Waals surface area (Å²) in [5.74, 6) is -0.266. The Bertz CT molecular complexity index is 650. The number of carbonyl (C=O) groups is 2. The molecule has 0 saturated carbocycles. The first-order chi connectivity index (χ1) is 12.7. The summed E-state index contributed by atoms with van der Waals surface area (Å²) in [6.07, 6.45) is -0.382. The summed E-state index contributed by atoms with van der Waals surface area (Å²) >= 11 is 0. The normalized spacial score (nSPS) is 19.5. The van der Waals surface area contributed by atoms with E-state index in [0.29, 0.717) is 37.4 Å². The van der Waals surface area contributed by atoms with E-state index in [0.717, 1.165) is 0 Å². The van der Waals surface area contributed by atoms with Gasteiger partial charge < -0.3 is 20.1 Å². The second-order valence-electron chi connectivity index (χ2n) is 6.06. The highest BCUT2D eigenvalue weighted by molar-refractivity contribution is 5.94. The Kier molecular flexibility index (Phi) is 6.35. The lowest BCUT2D eigenvalue weighted by atomic mass is 10.2. The van der Waals surface area contributed by atoms with Gasteiger partial charge in [-0.2, -0.15) is 0 Å². The van der Waals surface area contributed by atoms with Gasteiger partial charge >= 0.3 is 0 Å². The van der Waals surface area contributed by atoms with E-state index in [2.05, 4.69) is 10.6 Å². The zero-order valence-corrected chi connectivity index (χ0v) is 14.4. The van der Waals surface area contributed by atoms with E-state index in [1.165, 1.54) is 0 Å². The molecule has 2 unspecified atom stereocenters. The average molecular weight is 354 g/mol. The van der Waals surface area contributed by atoms with Crippen molar-refractivity contribution in [2.24, 2.45) is 0 Å². The van der Waals surface area contributed by atoms with Crippen LogP contribution in [0.4, 0.5) is 0 Å². The minimum absolute atomic E-state index is 0.133. The zero-order chi connectivity index (χ0) is 18.2. The molecule has 6 heteroatoms. The molecule has 3 rings (SSSR count). The molecule has 2 N–H and O–H groups in total. The largest absolute Gasteiger partial charge is 0.371 e. The van der Waals surface area contributed by atoms with Crippen molar-refractivity contribution in [3.8, 4) is 0 Å². The maximum absolute atomic E-state index is 12.0. The second kappa shape index (κ2) is 9.12. The standard InChI is InChI=1S/C20H22N2O4/c23-19(15-7-3-1-4-8-15)21-11-17-13-26-18(14-25-17)12-22-20(24)16-9-5-2-6-10-16/h1-10,17-18H,11-14H2,(H,21,23)(H,22,24). The molecule has 136 valence electrons. The van der Waals surface area contributed by atoms with Crippen LogP contribution in [0.5, 0.6) is 0 Å². The summed E-state index contributed by atoms with van der Waals surface area (Å²) in [7, 11) is 0. The van der Waals surface area contributed by atoms with Crippen LogP contribution in [0.15, 0.2) is 60.7 Å². The first-order valence-corrected chi connectivity index (χ1v) is 8.62. The summed E-state index contributed by atoms with van der Waals surface area (Å²) in [6.45, 7) is 1.52. The summed E-state index contributed by atoms with van der Waals surface area (Å²) in [5.41, 5.74) is 1.23. The Morgan fingerprint density at radius 3 is 1.46 bits per heavy atom. The van der Waals surface area contributed by atoms with Gasteiger partial charge in [0.1, 0.15) is 0 Å². The fourth-order valence-electron chi connectivity index (χ4n) is 2.61. The molecular formula is C20H22N2O4. The zero-order valence-electron chi connectivity index (χ0n) is 14.4. The smallest absolute Gasteiger partial charge is 0.251 e. The third-order valence-electron chi connectivity index (χ3n) is 4.09. The Morgan fingerprint density at radius 2 is 1.12 bits per heavy atom. The molecule has 26 heavy (non-hydrogen) atoms. The van der Waals surface area contributed by atoms with Gasteiger partial charge in [0.05, 0.1) is 25.4 Å². The number of rotatable bonds is 6. The number of hydrogen-bond donors (Lipinski definition) is 2. The van der Waals surface area contributed by atoms with Gasteiger partial charge in [-0.3, -0.25) is 9.59 Å². The van der Waals surface area contributed by atoms with Crippen LogP contribution in [0, 0.1) is 0 Å². The Labute approximate surface area is 152 Å². The summed E-state index contributed by atoms with van der Waals surface area (Å²) < 4.78 is 11.4. The van der Waals surface area contributed by atoms with Crippen LogP contribution in [0.2, 0.25) is 0 Å². The lowest BCUT2D eigenvalue weighted by Gasteiger charge is -2.29. The van der Waals surface area contributed by atoms with Crippen molar-refractivity contribution < 1.29 is 19.1 Å². The highest BCUT2D eigenvalue weighted by atomic mass is 16.6. The first kappa shape index (κ1) is 18.1. The number of hydrogen-bond acceptors (Lipinski definition) is 4. The van der Waals surface area contributed by atoms with Crippen molar-refractivity contribution >= 4 is 11.8 Å². The van der Waals surface area contributed by atoms with Crippen molar-refractivity contribution in [3.05, 3.63) is 71.8 Å². The van der Waals surface area contributed by atoms with E-state index in [1.807, 2.05) is 36.4 Å². The molecule has 0 spiro atoms. The van der Waals surface area contributed by atoms with E-state index in [1.54, 1.807) is 24.3 Å². The molecule has 2 atom stereocenters. The summed E-state index contributed by atoms with van der Waals surface area (Å²) in [5, 5.41) is 5.68. The maximum Gasteiger partial charge on any atom is 0.251 e. The van der Waals surface area contributed by atoms with Gasteiger partial charge in [-0.05, 0) is 24.3 Å². The lowest BCUT2D eigenvalue weighted by molar-refractivity contribution is -0.128. The molecule has 2 aromatic carbocycles. The second-order valence-corrected chi connectivity index (χ2v) is 6.06. The molecule has 0 radical (unpaired) electrons.